The van der Waals surface area contributed by atoms with Crippen LogP contribution in [0.2, 0.25) is 0 Å². The van der Waals surface area contributed by atoms with E-state index in [0.29, 0.717) is 16.8 Å². The number of esters is 1. The number of rotatable bonds is 2. The summed E-state index contributed by atoms with van der Waals surface area (Å²) in [6.45, 7) is 4.52. The van der Waals surface area contributed by atoms with Crippen molar-refractivity contribution in [2.24, 2.45) is 5.41 Å². The summed E-state index contributed by atoms with van der Waals surface area (Å²) in [4.78, 5) is 15.8. The van der Waals surface area contributed by atoms with Gasteiger partial charge in [0.15, 0.2) is 0 Å². The van der Waals surface area contributed by atoms with Gasteiger partial charge in [0.2, 0.25) is 0 Å². The van der Waals surface area contributed by atoms with Crippen LogP contribution in [0.3, 0.4) is 0 Å². The Morgan fingerprint density at radius 2 is 2.06 bits per heavy atom. The summed E-state index contributed by atoms with van der Waals surface area (Å²) in [7, 11) is 0. The van der Waals surface area contributed by atoms with Gasteiger partial charge in [0.25, 0.3) is 0 Å². The van der Waals surface area contributed by atoms with E-state index in [-0.39, 0.29) is 12.1 Å². The molecule has 0 bridgehead atoms. The van der Waals surface area contributed by atoms with Gasteiger partial charge in [-0.15, -0.1) is 0 Å². The standard InChI is InChI=1S/C14H20N2O2/c1-14(2)7-5-11(6-8-14)18-13(17)10-3-4-12(15)16-9-10/h3-4,9,11H,5-8H2,1-2H3,(H2,15,16). The van der Waals surface area contributed by atoms with Crippen LogP contribution in [0.4, 0.5) is 5.82 Å². The number of nitrogen functional groups attached to an aromatic ring is 1. The monoisotopic (exact) mass is 248 g/mol. The molecule has 0 aromatic carbocycles. The minimum absolute atomic E-state index is 0.0445. The lowest BCUT2D eigenvalue weighted by Crippen LogP contribution is -2.28. The lowest BCUT2D eigenvalue weighted by Gasteiger charge is -2.33. The van der Waals surface area contributed by atoms with E-state index in [1.54, 1.807) is 12.1 Å². The van der Waals surface area contributed by atoms with E-state index in [1.165, 1.54) is 6.20 Å². The highest BCUT2D eigenvalue weighted by Crippen LogP contribution is 2.36. The summed E-state index contributed by atoms with van der Waals surface area (Å²) in [5, 5.41) is 0. The summed E-state index contributed by atoms with van der Waals surface area (Å²) in [6.07, 6.45) is 5.60. The maximum Gasteiger partial charge on any atom is 0.339 e. The lowest BCUT2D eigenvalue weighted by atomic mass is 9.76. The number of ether oxygens (including phenoxy) is 1. The summed E-state index contributed by atoms with van der Waals surface area (Å²) in [5.41, 5.74) is 6.33. The average Bonchev–Trinajstić information content (AvgIpc) is 2.33. The summed E-state index contributed by atoms with van der Waals surface area (Å²) in [5.74, 6) is 0.109. The molecule has 18 heavy (non-hydrogen) atoms. The van der Waals surface area contributed by atoms with Crippen molar-refractivity contribution >= 4 is 11.8 Å². The van der Waals surface area contributed by atoms with Gasteiger partial charge in [-0.05, 0) is 43.2 Å². The van der Waals surface area contributed by atoms with E-state index < -0.39 is 0 Å². The molecule has 2 rings (SSSR count). The predicted octanol–water partition coefficient (Wildman–Crippen LogP) is 2.79. The van der Waals surface area contributed by atoms with E-state index in [0.717, 1.165) is 25.7 Å². The van der Waals surface area contributed by atoms with Gasteiger partial charge in [-0.2, -0.15) is 0 Å². The number of carbonyl (C=O) groups excluding carboxylic acids is 1. The third-order valence-electron chi connectivity index (χ3n) is 3.58. The van der Waals surface area contributed by atoms with Crippen molar-refractivity contribution < 1.29 is 9.53 Å². The molecule has 0 saturated heterocycles. The normalized spacial score (nSPS) is 19.4. The molecule has 1 aliphatic rings. The van der Waals surface area contributed by atoms with Gasteiger partial charge in [-0.1, -0.05) is 13.8 Å². The van der Waals surface area contributed by atoms with Crippen molar-refractivity contribution in [2.45, 2.75) is 45.6 Å². The quantitative estimate of drug-likeness (QED) is 0.817. The van der Waals surface area contributed by atoms with Crippen LogP contribution in [-0.2, 0) is 4.74 Å². The molecule has 0 amide bonds. The number of aromatic nitrogens is 1. The van der Waals surface area contributed by atoms with Crippen LogP contribution >= 0.6 is 0 Å². The minimum atomic E-state index is -0.299. The Labute approximate surface area is 108 Å². The van der Waals surface area contributed by atoms with Crippen LogP contribution in [0.15, 0.2) is 18.3 Å². The Kier molecular flexibility index (Phi) is 3.55. The van der Waals surface area contributed by atoms with Crippen molar-refractivity contribution in [1.29, 1.82) is 0 Å². The third-order valence-corrected chi connectivity index (χ3v) is 3.58. The van der Waals surface area contributed by atoms with Crippen LogP contribution in [0.1, 0.15) is 49.9 Å². The zero-order chi connectivity index (χ0) is 13.2. The first-order valence-corrected chi connectivity index (χ1v) is 6.39. The molecule has 0 radical (unpaired) electrons. The summed E-state index contributed by atoms with van der Waals surface area (Å²) >= 11 is 0. The number of pyridine rings is 1. The first-order chi connectivity index (χ1) is 8.46. The molecule has 1 aromatic heterocycles. The van der Waals surface area contributed by atoms with Crippen molar-refractivity contribution in [3.63, 3.8) is 0 Å². The smallest absolute Gasteiger partial charge is 0.339 e. The SMILES string of the molecule is CC1(C)CCC(OC(=O)c2ccc(N)nc2)CC1. The zero-order valence-corrected chi connectivity index (χ0v) is 11.0. The maximum absolute atomic E-state index is 11.9. The fraction of sp³-hybridized carbons (Fsp3) is 0.571. The van der Waals surface area contributed by atoms with Gasteiger partial charge >= 0.3 is 5.97 Å². The molecule has 98 valence electrons. The largest absolute Gasteiger partial charge is 0.459 e. The Bertz CT molecular complexity index is 416. The van der Waals surface area contributed by atoms with Crippen LogP contribution in [0.25, 0.3) is 0 Å². The van der Waals surface area contributed by atoms with Crippen molar-refractivity contribution in [3.8, 4) is 0 Å². The molecule has 0 spiro atoms. The van der Waals surface area contributed by atoms with Gasteiger partial charge in [0, 0.05) is 6.20 Å². The summed E-state index contributed by atoms with van der Waals surface area (Å²) in [6, 6.07) is 3.26. The molecular formula is C14H20N2O2. The van der Waals surface area contributed by atoms with Gasteiger partial charge in [-0.25, -0.2) is 9.78 Å². The molecule has 0 atom stereocenters. The third kappa shape index (κ3) is 3.22. The molecule has 4 heteroatoms. The van der Waals surface area contributed by atoms with Crippen molar-refractivity contribution in [1.82, 2.24) is 4.98 Å². The van der Waals surface area contributed by atoms with Crippen molar-refractivity contribution in [2.75, 3.05) is 5.73 Å². The highest BCUT2D eigenvalue weighted by Gasteiger charge is 2.28. The second kappa shape index (κ2) is 4.96. The maximum atomic E-state index is 11.9. The van der Waals surface area contributed by atoms with E-state index in [1.807, 2.05) is 0 Å². The van der Waals surface area contributed by atoms with Crippen LogP contribution in [0, 0.1) is 5.41 Å². The van der Waals surface area contributed by atoms with Gasteiger partial charge in [-0.3, -0.25) is 0 Å². The van der Waals surface area contributed by atoms with Gasteiger partial charge < -0.3 is 10.5 Å². The molecule has 0 unspecified atom stereocenters. The average molecular weight is 248 g/mol. The number of anilines is 1. The van der Waals surface area contributed by atoms with E-state index in [9.17, 15) is 4.79 Å². The molecule has 1 saturated carbocycles. The summed E-state index contributed by atoms with van der Waals surface area (Å²) < 4.78 is 5.49. The minimum Gasteiger partial charge on any atom is -0.459 e. The Morgan fingerprint density at radius 3 is 2.61 bits per heavy atom. The molecule has 1 aromatic rings. The van der Waals surface area contributed by atoms with Gasteiger partial charge in [0.05, 0.1) is 5.56 Å². The topological polar surface area (TPSA) is 65.2 Å². The Balaban J connectivity index is 1.90. The van der Waals surface area contributed by atoms with Crippen molar-refractivity contribution in [3.05, 3.63) is 23.9 Å². The number of nitrogens with zero attached hydrogens (tertiary/aromatic N) is 1. The van der Waals surface area contributed by atoms with E-state index >= 15 is 0 Å². The highest BCUT2D eigenvalue weighted by molar-refractivity contribution is 5.89. The molecule has 0 aliphatic heterocycles. The van der Waals surface area contributed by atoms with E-state index in [4.69, 9.17) is 10.5 Å². The molecule has 1 heterocycles. The highest BCUT2D eigenvalue weighted by atomic mass is 16.5. The molecule has 1 fully saturated rings. The lowest BCUT2D eigenvalue weighted by molar-refractivity contribution is 0.00948. The first-order valence-electron chi connectivity index (χ1n) is 6.39. The molecule has 1 aliphatic carbocycles. The number of hydrogen-bond acceptors (Lipinski definition) is 4. The zero-order valence-electron chi connectivity index (χ0n) is 11.0. The molecular weight excluding hydrogens is 228 g/mol. The Hall–Kier alpha value is -1.58. The van der Waals surface area contributed by atoms with E-state index in [2.05, 4.69) is 18.8 Å². The Morgan fingerprint density at radius 1 is 1.39 bits per heavy atom. The fourth-order valence-electron chi connectivity index (χ4n) is 2.24. The van der Waals surface area contributed by atoms with Gasteiger partial charge in [0.1, 0.15) is 11.9 Å². The predicted molar refractivity (Wildman–Crippen MR) is 70.1 cm³/mol. The fourth-order valence-corrected chi connectivity index (χ4v) is 2.24. The van der Waals surface area contributed by atoms with Crippen LogP contribution < -0.4 is 5.73 Å². The second-order valence-corrected chi connectivity index (χ2v) is 5.74. The molecule has 4 nitrogen and oxygen atoms in total. The number of nitrogens with two attached hydrogens (primary N) is 1. The van der Waals surface area contributed by atoms with Crippen LogP contribution in [0.5, 0.6) is 0 Å². The second-order valence-electron chi connectivity index (χ2n) is 5.74. The number of carbonyl (C=O) groups is 1. The number of hydrogen-bond donors (Lipinski definition) is 1. The van der Waals surface area contributed by atoms with Crippen LogP contribution in [-0.4, -0.2) is 17.1 Å². The first kappa shape index (κ1) is 12.9. The molecule has 2 N–H and O–H groups in total.